The van der Waals surface area contributed by atoms with E-state index in [0.29, 0.717) is 25.2 Å². The second-order valence-electron chi connectivity index (χ2n) is 5.34. The van der Waals surface area contributed by atoms with Crippen molar-refractivity contribution in [3.63, 3.8) is 0 Å². The number of hydrogen-bond acceptors (Lipinski definition) is 3. The molecule has 138 valence electrons. The molecule has 3 nitrogen and oxygen atoms in total. The Kier molecular flexibility index (Phi) is 6.92. The lowest BCUT2D eigenvalue weighted by molar-refractivity contribution is -0.140. The Hall–Kier alpha value is -1.03. The minimum absolute atomic E-state index is 0. The highest BCUT2D eigenvalue weighted by molar-refractivity contribution is 5.85. The van der Waals surface area contributed by atoms with E-state index in [1.165, 1.54) is 4.90 Å². The summed E-state index contributed by atoms with van der Waals surface area (Å²) >= 11 is 0. The van der Waals surface area contributed by atoms with Crippen LogP contribution in [-0.4, -0.2) is 48.7 Å². The molecule has 1 atom stereocenters. The number of alkyl halides is 5. The van der Waals surface area contributed by atoms with Crippen LogP contribution in [0.15, 0.2) is 18.2 Å². The van der Waals surface area contributed by atoms with Gasteiger partial charge in [-0.15, -0.1) is 12.4 Å². The number of piperazine rings is 1. The molecule has 1 heterocycles. The highest BCUT2D eigenvalue weighted by Gasteiger charge is 2.45. The summed E-state index contributed by atoms with van der Waals surface area (Å²) in [6.45, 7) is -0.366. The Balaban J connectivity index is 0.00000288. The van der Waals surface area contributed by atoms with Gasteiger partial charge in [-0.05, 0) is 17.7 Å². The van der Waals surface area contributed by atoms with Crippen molar-refractivity contribution in [2.75, 3.05) is 32.8 Å². The van der Waals surface area contributed by atoms with E-state index in [1.807, 2.05) is 0 Å². The summed E-state index contributed by atoms with van der Waals surface area (Å²) in [6.07, 6.45) is -4.98. The van der Waals surface area contributed by atoms with Crippen molar-refractivity contribution in [3.05, 3.63) is 35.1 Å². The molecule has 1 fully saturated rings. The standard InChI is InChI=1S/C14H16F6N2O.ClH/c15-11-2-1-9(7-10(11)14(18,19)20)12(13(16,17)8-23)22-5-3-21-4-6-22;/h1-2,7,12,21,23H,3-6,8H2;1H/t12-;/m0./s1. The van der Waals surface area contributed by atoms with Gasteiger partial charge in [0.15, 0.2) is 0 Å². The zero-order valence-corrected chi connectivity index (χ0v) is 13.2. The third-order valence-electron chi connectivity index (χ3n) is 3.74. The fraction of sp³-hybridized carbons (Fsp3) is 0.571. The molecule has 1 aromatic rings. The maximum atomic E-state index is 14.1. The maximum absolute atomic E-state index is 14.1. The highest BCUT2D eigenvalue weighted by atomic mass is 35.5. The first kappa shape index (κ1) is 21.0. The number of aliphatic hydroxyl groups excluding tert-OH is 1. The topological polar surface area (TPSA) is 35.5 Å². The molecule has 1 aliphatic heterocycles. The van der Waals surface area contributed by atoms with Crippen LogP contribution in [-0.2, 0) is 6.18 Å². The SMILES string of the molecule is Cl.OCC(F)(F)[C@H](c1ccc(F)c(C(F)(F)F)c1)N1CCNCC1. The molecule has 10 heteroatoms. The largest absolute Gasteiger partial charge is 0.419 e. The lowest BCUT2D eigenvalue weighted by Gasteiger charge is -2.39. The summed E-state index contributed by atoms with van der Waals surface area (Å²) in [5.41, 5.74) is -1.97. The molecule has 0 aromatic heterocycles. The molecule has 1 aromatic carbocycles. The monoisotopic (exact) mass is 378 g/mol. The van der Waals surface area contributed by atoms with E-state index in [1.54, 1.807) is 0 Å². The van der Waals surface area contributed by atoms with Gasteiger partial charge in [-0.1, -0.05) is 6.07 Å². The minimum Gasteiger partial charge on any atom is -0.390 e. The van der Waals surface area contributed by atoms with Crippen LogP contribution in [0.5, 0.6) is 0 Å². The van der Waals surface area contributed by atoms with Crippen LogP contribution in [0, 0.1) is 5.82 Å². The van der Waals surface area contributed by atoms with E-state index in [4.69, 9.17) is 5.11 Å². The van der Waals surface area contributed by atoms with E-state index in [9.17, 15) is 26.3 Å². The van der Waals surface area contributed by atoms with Gasteiger partial charge >= 0.3 is 6.18 Å². The molecule has 0 aliphatic carbocycles. The molecule has 0 radical (unpaired) electrons. The molecule has 0 amide bonds. The van der Waals surface area contributed by atoms with Crippen LogP contribution in [0.2, 0.25) is 0 Å². The third kappa shape index (κ3) is 4.53. The van der Waals surface area contributed by atoms with Crippen molar-refractivity contribution >= 4 is 12.4 Å². The van der Waals surface area contributed by atoms with E-state index >= 15 is 0 Å². The first-order valence-corrected chi connectivity index (χ1v) is 6.97. The molecule has 1 aliphatic rings. The van der Waals surface area contributed by atoms with Gasteiger partial charge in [-0.3, -0.25) is 4.90 Å². The normalized spacial score (nSPS) is 18.1. The predicted molar refractivity (Wildman–Crippen MR) is 77.9 cm³/mol. The van der Waals surface area contributed by atoms with Gasteiger partial charge in [-0.2, -0.15) is 13.2 Å². The molecule has 0 bridgehead atoms. The van der Waals surface area contributed by atoms with Gasteiger partial charge in [0.1, 0.15) is 18.5 Å². The number of nitrogens with one attached hydrogen (secondary N) is 1. The summed E-state index contributed by atoms with van der Waals surface area (Å²) in [6, 6.07) is 0.0732. The summed E-state index contributed by atoms with van der Waals surface area (Å²) in [5, 5.41) is 11.9. The van der Waals surface area contributed by atoms with Crippen molar-refractivity contribution in [1.29, 1.82) is 0 Å². The molecular formula is C14H17ClF6N2O. The van der Waals surface area contributed by atoms with Crippen molar-refractivity contribution in [3.8, 4) is 0 Å². The van der Waals surface area contributed by atoms with Crippen LogP contribution in [0.1, 0.15) is 17.2 Å². The quantitative estimate of drug-likeness (QED) is 0.791. The van der Waals surface area contributed by atoms with Crippen molar-refractivity contribution < 1.29 is 31.4 Å². The minimum atomic E-state index is -4.98. The number of aliphatic hydroxyl groups is 1. The molecule has 2 N–H and O–H groups in total. The smallest absolute Gasteiger partial charge is 0.390 e. The third-order valence-corrected chi connectivity index (χ3v) is 3.74. The van der Waals surface area contributed by atoms with Crippen LogP contribution in [0.4, 0.5) is 26.3 Å². The van der Waals surface area contributed by atoms with Crippen molar-refractivity contribution in [2.24, 2.45) is 0 Å². The van der Waals surface area contributed by atoms with Crippen LogP contribution in [0.3, 0.4) is 0 Å². The van der Waals surface area contributed by atoms with E-state index in [-0.39, 0.29) is 31.1 Å². The Morgan fingerprint density at radius 2 is 1.71 bits per heavy atom. The average molecular weight is 379 g/mol. The first-order valence-electron chi connectivity index (χ1n) is 6.97. The van der Waals surface area contributed by atoms with Crippen molar-refractivity contribution in [1.82, 2.24) is 10.2 Å². The number of halogens is 7. The Morgan fingerprint density at radius 3 is 2.21 bits per heavy atom. The van der Waals surface area contributed by atoms with E-state index in [0.717, 1.165) is 6.07 Å². The van der Waals surface area contributed by atoms with Gasteiger partial charge < -0.3 is 10.4 Å². The molecule has 0 unspecified atom stereocenters. The molecule has 0 saturated carbocycles. The number of benzene rings is 1. The molecule has 1 saturated heterocycles. The number of hydrogen-bond donors (Lipinski definition) is 2. The van der Waals surface area contributed by atoms with Crippen LogP contribution < -0.4 is 5.32 Å². The van der Waals surface area contributed by atoms with Crippen molar-refractivity contribution in [2.45, 2.75) is 18.1 Å². The zero-order chi connectivity index (χ0) is 17.3. The summed E-state index contributed by atoms with van der Waals surface area (Å²) in [4.78, 5) is 1.29. The predicted octanol–water partition coefficient (Wildman–Crippen LogP) is 2.84. The average Bonchev–Trinajstić information content (AvgIpc) is 2.49. The van der Waals surface area contributed by atoms with Crippen LogP contribution in [0.25, 0.3) is 0 Å². The second kappa shape index (κ2) is 7.90. The lowest BCUT2D eigenvalue weighted by Crippen LogP contribution is -2.51. The highest BCUT2D eigenvalue weighted by Crippen LogP contribution is 2.39. The van der Waals surface area contributed by atoms with Crippen LogP contribution >= 0.6 is 12.4 Å². The first-order chi connectivity index (χ1) is 10.7. The fourth-order valence-corrected chi connectivity index (χ4v) is 2.68. The van der Waals surface area contributed by atoms with Gasteiger partial charge in [0.05, 0.1) is 5.56 Å². The summed E-state index contributed by atoms with van der Waals surface area (Å²) in [5.74, 6) is -5.18. The van der Waals surface area contributed by atoms with E-state index < -0.39 is 36.1 Å². The number of rotatable bonds is 4. The zero-order valence-electron chi connectivity index (χ0n) is 12.4. The Bertz CT molecular complexity index is 549. The van der Waals surface area contributed by atoms with Gasteiger partial charge in [0.25, 0.3) is 5.92 Å². The molecular weight excluding hydrogens is 362 g/mol. The summed E-state index contributed by atoms with van der Waals surface area (Å²) in [7, 11) is 0. The fourth-order valence-electron chi connectivity index (χ4n) is 2.68. The molecule has 2 rings (SSSR count). The second-order valence-corrected chi connectivity index (χ2v) is 5.34. The van der Waals surface area contributed by atoms with Gasteiger partial charge in [0, 0.05) is 26.2 Å². The molecule has 0 spiro atoms. The maximum Gasteiger partial charge on any atom is 0.419 e. The van der Waals surface area contributed by atoms with E-state index in [2.05, 4.69) is 5.32 Å². The summed E-state index contributed by atoms with van der Waals surface area (Å²) < 4.78 is 80.1. The Labute approximate surface area is 141 Å². The van der Waals surface area contributed by atoms with Gasteiger partial charge in [0.2, 0.25) is 0 Å². The lowest BCUT2D eigenvalue weighted by atomic mass is 9.96. The Morgan fingerprint density at radius 1 is 1.12 bits per heavy atom. The molecule has 24 heavy (non-hydrogen) atoms. The number of nitrogens with zero attached hydrogens (tertiary/aromatic N) is 1. The van der Waals surface area contributed by atoms with Gasteiger partial charge in [-0.25, -0.2) is 13.2 Å².